The van der Waals surface area contributed by atoms with Crippen molar-refractivity contribution >= 4 is 40.2 Å². The molecule has 2 atom stereocenters. The van der Waals surface area contributed by atoms with Crippen molar-refractivity contribution in [3.05, 3.63) is 80.2 Å². The average Bonchev–Trinajstić information content (AvgIpc) is 3.30. The molecule has 2 heterocycles. The number of rotatable bonds is 5. The Kier molecular flexibility index (Phi) is 6.52. The molecule has 2 aromatic carbocycles. The smallest absolute Gasteiger partial charge is 0.117 e. The van der Waals surface area contributed by atoms with Crippen LogP contribution in [0.3, 0.4) is 0 Å². The predicted octanol–water partition coefficient (Wildman–Crippen LogP) is 5.09. The lowest BCUT2D eigenvalue weighted by Gasteiger charge is -2.45. The second kappa shape index (κ2) is 9.15. The minimum atomic E-state index is -1.03. The maximum atomic E-state index is 11.0. The summed E-state index contributed by atoms with van der Waals surface area (Å²) in [5.74, 6) is 0. The molecule has 8 heteroatoms. The molecule has 0 saturated carbocycles. The number of nitrogens with zero attached hydrogens (tertiary/aromatic N) is 4. The Morgan fingerprint density at radius 2 is 2.00 bits per heavy atom. The van der Waals surface area contributed by atoms with Gasteiger partial charge < -0.3 is 10.0 Å². The number of aromatic nitrogens is 1. The summed E-state index contributed by atoms with van der Waals surface area (Å²) < 4.78 is 0. The van der Waals surface area contributed by atoms with E-state index in [-0.39, 0.29) is 6.04 Å². The van der Waals surface area contributed by atoms with Crippen molar-refractivity contribution in [2.75, 3.05) is 31.1 Å². The van der Waals surface area contributed by atoms with Gasteiger partial charge in [-0.2, -0.15) is 5.26 Å². The largest absolute Gasteiger partial charge is 0.382 e. The number of hydrogen-bond donors (Lipinski definition) is 1. The Balaban J connectivity index is 1.63. The maximum absolute atomic E-state index is 11.0. The van der Waals surface area contributed by atoms with E-state index in [1.54, 1.807) is 17.6 Å². The molecule has 31 heavy (non-hydrogen) atoms. The first-order valence-electron chi connectivity index (χ1n) is 9.92. The zero-order valence-electron chi connectivity index (χ0n) is 17.0. The second-order valence-corrected chi connectivity index (χ2v) is 9.48. The van der Waals surface area contributed by atoms with E-state index in [0.29, 0.717) is 34.4 Å². The molecule has 3 aromatic rings. The van der Waals surface area contributed by atoms with Crippen LogP contribution in [0.5, 0.6) is 0 Å². The lowest BCUT2D eigenvalue weighted by Crippen LogP contribution is -2.52. The van der Waals surface area contributed by atoms with Crippen molar-refractivity contribution in [3.8, 4) is 6.07 Å². The van der Waals surface area contributed by atoms with Gasteiger partial charge in [-0.05, 0) is 42.8 Å². The number of nitriles is 1. The van der Waals surface area contributed by atoms with Crippen LogP contribution in [0.15, 0.2) is 53.4 Å². The summed E-state index contributed by atoms with van der Waals surface area (Å²) in [7, 11) is 0. The number of thiazole rings is 1. The van der Waals surface area contributed by atoms with Gasteiger partial charge >= 0.3 is 0 Å². The molecular formula is C23H22Cl2N4OS. The van der Waals surface area contributed by atoms with Gasteiger partial charge in [0.25, 0.3) is 0 Å². The van der Waals surface area contributed by atoms with Crippen LogP contribution in [0.2, 0.25) is 10.0 Å². The van der Waals surface area contributed by atoms with E-state index in [9.17, 15) is 10.4 Å². The van der Waals surface area contributed by atoms with Crippen molar-refractivity contribution < 1.29 is 5.11 Å². The minimum Gasteiger partial charge on any atom is -0.382 e. The van der Waals surface area contributed by atoms with E-state index in [2.05, 4.69) is 20.9 Å². The Labute approximate surface area is 196 Å². The predicted molar refractivity (Wildman–Crippen MR) is 126 cm³/mol. The molecule has 4 rings (SSSR count). The van der Waals surface area contributed by atoms with Gasteiger partial charge in [0.15, 0.2) is 0 Å². The second-order valence-electron chi connectivity index (χ2n) is 7.92. The molecule has 1 fully saturated rings. The molecule has 0 spiro atoms. The highest BCUT2D eigenvalue weighted by Crippen LogP contribution is 2.36. The fourth-order valence-electron chi connectivity index (χ4n) is 4.05. The van der Waals surface area contributed by atoms with E-state index in [0.717, 1.165) is 24.3 Å². The van der Waals surface area contributed by atoms with E-state index in [4.69, 9.17) is 23.2 Å². The van der Waals surface area contributed by atoms with E-state index in [1.165, 1.54) is 11.3 Å². The SMILES string of the molecule is C[C@@](O)(CN1CCN(c2ccc(C#N)cc2Cl)[C@H](c2ccc(Cl)cc2)C1)c1cscn1. The van der Waals surface area contributed by atoms with Crippen molar-refractivity contribution in [2.24, 2.45) is 0 Å². The molecule has 5 nitrogen and oxygen atoms in total. The number of β-amino-alcohol motifs (C(OH)–C–C–N with tert-alkyl or cyclic N) is 1. The van der Waals surface area contributed by atoms with Crippen molar-refractivity contribution in [2.45, 2.75) is 18.6 Å². The summed E-state index contributed by atoms with van der Waals surface area (Å²) in [5.41, 5.74) is 3.95. The normalized spacial score (nSPS) is 19.1. The number of aliphatic hydroxyl groups is 1. The van der Waals surface area contributed by atoms with Crippen molar-refractivity contribution in [1.29, 1.82) is 5.26 Å². The third kappa shape index (κ3) is 4.87. The Hall–Kier alpha value is -2.14. The fraction of sp³-hybridized carbons (Fsp3) is 0.304. The monoisotopic (exact) mass is 472 g/mol. The third-order valence-electron chi connectivity index (χ3n) is 5.62. The van der Waals surface area contributed by atoms with Gasteiger partial charge in [0, 0.05) is 36.6 Å². The summed E-state index contributed by atoms with van der Waals surface area (Å²) >= 11 is 14.2. The highest BCUT2D eigenvalue weighted by atomic mass is 35.5. The summed E-state index contributed by atoms with van der Waals surface area (Å²) in [5, 5.41) is 23.3. The zero-order chi connectivity index (χ0) is 22.0. The van der Waals surface area contributed by atoms with Crippen LogP contribution in [0.25, 0.3) is 0 Å². The molecule has 1 aliphatic rings. The van der Waals surface area contributed by atoms with Crippen molar-refractivity contribution in [3.63, 3.8) is 0 Å². The lowest BCUT2D eigenvalue weighted by atomic mass is 9.98. The van der Waals surface area contributed by atoms with Crippen LogP contribution < -0.4 is 4.90 Å². The molecular weight excluding hydrogens is 451 g/mol. The van der Waals surface area contributed by atoms with E-state index in [1.807, 2.05) is 42.6 Å². The van der Waals surface area contributed by atoms with Crippen LogP contribution in [-0.4, -0.2) is 41.2 Å². The highest BCUT2D eigenvalue weighted by molar-refractivity contribution is 7.07. The number of halogens is 2. The lowest BCUT2D eigenvalue weighted by molar-refractivity contribution is 0.00726. The van der Waals surface area contributed by atoms with Gasteiger partial charge in [-0.25, -0.2) is 4.98 Å². The number of hydrogen-bond acceptors (Lipinski definition) is 6. The molecule has 1 saturated heterocycles. The van der Waals surface area contributed by atoms with E-state index >= 15 is 0 Å². The number of benzene rings is 2. The van der Waals surface area contributed by atoms with E-state index < -0.39 is 5.60 Å². The molecule has 0 unspecified atom stereocenters. The maximum Gasteiger partial charge on any atom is 0.117 e. The first-order valence-corrected chi connectivity index (χ1v) is 11.6. The number of piperazine rings is 1. The van der Waals surface area contributed by atoms with Crippen molar-refractivity contribution in [1.82, 2.24) is 9.88 Å². The van der Waals surface area contributed by atoms with Crippen LogP contribution >= 0.6 is 34.5 Å². The molecule has 1 N–H and O–H groups in total. The molecule has 0 bridgehead atoms. The van der Waals surface area contributed by atoms with Crippen LogP contribution in [-0.2, 0) is 5.60 Å². The molecule has 0 amide bonds. The first-order chi connectivity index (χ1) is 14.9. The van der Waals surface area contributed by atoms with Gasteiger partial charge in [0.1, 0.15) is 5.60 Å². The molecule has 160 valence electrons. The summed E-state index contributed by atoms with van der Waals surface area (Å²) in [4.78, 5) is 8.83. The van der Waals surface area contributed by atoms with Gasteiger partial charge in [-0.1, -0.05) is 35.3 Å². The standard InChI is InChI=1S/C23H22Cl2N4OS/c1-23(30,22-13-31-15-27-22)14-28-8-9-29(20-7-2-16(11-26)10-19(20)25)21(12-28)17-3-5-18(24)6-4-17/h2-7,10,13,15,21,30H,8-9,12,14H2,1H3/t21-,23+/m0/s1. The summed E-state index contributed by atoms with van der Waals surface area (Å²) in [6.07, 6.45) is 0. The topological polar surface area (TPSA) is 63.4 Å². The Morgan fingerprint density at radius 1 is 1.23 bits per heavy atom. The molecule has 0 aliphatic carbocycles. The molecule has 0 radical (unpaired) electrons. The fourth-order valence-corrected chi connectivity index (χ4v) is 5.14. The van der Waals surface area contributed by atoms with Crippen LogP contribution in [0.1, 0.15) is 29.8 Å². The van der Waals surface area contributed by atoms with Gasteiger partial charge in [0.2, 0.25) is 0 Å². The summed E-state index contributed by atoms with van der Waals surface area (Å²) in [6, 6.07) is 15.4. The summed E-state index contributed by atoms with van der Waals surface area (Å²) in [6.45, 7) is 4.49. The van der Waals surface area contributed by atoms with Gasteiger partial charge in [-0.15, -0.1) is 11.3 Å². The van der Waals surface area contributed by atoms with Gasteiger partial charge in [-0.3, -0.25) is 4.90 Å². The average molecular weight is 473 g/mol. The van der Waals surface area contributed by atoms with Crippen LogP contribution in [0.4, 0.5) is 5.69 Å². The molecule has 1 aliphatic heterocycles. The number of anilines is 1. The highest BCUT2D eigenvalue weighted by Gasteiger charge is 2.34. The van der Waals surface area contributed by atoms with Gasteiger partial charge in [0.05, 0.1) is 39.6 Å². The quantitative estimate of drug-likeness (QED) is 0.559. The Bertz CT molecular complexity index is 1080. The Morgan fingerprint density at radius 3 is 2.65 bits per heavy atom. The zero-order valence-corrected chi connectivity index (χ0v) is 19.3. The third-order valence-corrected chi connectivity index (χ3v) is 6.76. The van der Waals surface area contributed by atoms with Crippen LogP contribution in [0, 0.1) is 11.3 Å². The molecule has 1 aromatic heterocycles. The first kappa shape index (κ1) is 22.1. The minimum absolute atomic E-state index is 0.0164.